The third-order valence-corrected chi connectivity index (χ3v) is 4.50. The minimum atomic E-state index is -0.952. The Bertz CT molecular complexity index is 603. The van der Waals surface area contributed by atoms with Crippen LogP contribution in [-0.4, -0.2) is 20.9 Å². The van der Waals surface area contributed by atoms with E-state index in [2.05, 4.69) is 21.0 Å². The normalized spacial score (nSPS) is 13.9. The second-order valence-corrected chi connectivity index (χ2v) is 6.37. The van der Waals surface area contributed by atoms with Gasteiger partial charge in [0.15, 0.2) is 5.69 Å². The van der Waals surface area contributed by atoms with Gasteiger partial charge in [-0.25, -0.2) is 4.79 Å². The Labute approximate surface area is 110 Å². The molecule has 1 aliphatic rings. The topological polar surface area (TPSA) is 55.1 Å². The van der Waals surface area contributed by atoms with Gasteiger partial charge in [0, 0.05) is 22.7 Å². The largest absolute Gasteiger partial charge is 0.476 e. The SMILES string of the molecule is O=C(O)c1nn2c(c1-c1ccc(Br)s1)CCC2. The van der Waals surface area contributed by atoms with Crippen molar-refractivity contribution in [1.29, 1.82) is 0 Å². The number of aromatic nitrogens is 2. The first-order chi connectivity index (χ1) is 8.16. The van der Waals surface area contributed by atoms with Gasteiger partial charge < -0.3 is 5.11 Å². The van der Waals surface area contributed by atoms with Gasteiger partial charge in [0.25, 0.3) is 0 Å². The number of nitrogens with zero attached hydrogens (tertiary/aromatic N) is 2. The molecular weight excluding hydrogens is 304 g/mol. The summed E-state index contributed by atoms with van der Waals surface area (Å²) in [6, 6.07) is 3.88. The molecule has 0 saturated carbocycles. The molecule has 0 spiro atoms. The van der Waals surface area contributed by atoms with Crippen LogP contribution in [0, 0.1) is 0 Å². The zero-order valence-corrected chi connectivity index (χ0v) is 11.2. The Morgan fingerprint density at radius 1 is 1.53 bits per heavy atom. The van der Waals surface area contributed by atoms with Crippen LogP contribution in [-0.2, 0) is 13.0 Å². The quantitative estimate of drug-likeness (QED) is 0.927. The maximum atomic E-state index is 11.2. The molecule has 0 aliphatic carbocycles. The Hall–Kier alpha value is -1.14. The second-order valence-electron chi connectivity index (χ2n) is 3.91. The first kappa shape index (κ1) is 11.0. The van der Waals surface area contributed by atoms with Gasteiger partial charge >= 0.3 is 5.97 Å². The van der Waals surface area contributed by atoms with E-state index < -0.39 is 5.97 Å². The lowest BCUT2D eigenvalue weighted by atomic mass is 10.1. The molecule has 0 radical (unpaired) electrons. The molecule has 0 bridgehead atoms. The van der Waals surface area contributed by atoms with E-state index in [1.807, 2.05) is 16.8 Å². The molecule has 88 valence electrons. The van der Waals surface area contributed by atoms with Gasteiger partial charge in [-0.15, -0.1) is 11.3 Å². The van der Waals surface area contributed by atoms with Crippen LogP contribution in [0.15, 0.2) is 15.9 Å². The molecule has 0 saturated heterocycles. The molecular formula is C11H9BrN2O2S. The summed E-state index contributed by atoms with van der Waals surface area (Å²) in [6.07, 6.45) is 1.95. The highest BCUT2D eigenvalue weighted by Crippen LogP contribution is 2.37. The second kappa shape index (κ2) is 3.96. The molecule has 0 atom stereocenters. The van der Waals surface area contributed by atoms with Crippen molar-refractivity contribution in [3.8, 4) is 10.4 Å². The molecule has 0 amide bonds. The Morgan fingerprint density at radius 2 is 2.35 bits per heavy atom. The zero-order chi connectivity index (χ0) is 12.0. The molecule has 1 aliphatic heterocycles. The number of thiophene rings is 1. The Balaban J connectivity index is 2.23. The first-order valence-electron chi connectivity index (χ1n) is 5.25. The van der Waals surface area contributed by atoms with Crippen LogP contribution in [0.2, 0.25) is 0 Å². The fourth-order valence-corrected chi connectivity index (χ4v) is 3.64. The van der Waals surface area contributed by atoms with Gasteiger partial charge in [-0.2, -0.15) is 5.10 Å². The third-order valence-electron chi connectivity index (χ3n) is 2.86. The molecule has 2 aromatic rings. The number of rotatable bonds is 2. The minimum Gasteiger partial charge on any atom is -0.476 e. The Kier molecular flexibility index (Phi) is 2.56. The molecule has 0 unspecified atom stereocenters. The summed E-state index contributed by atoms with van der Waals surface area (Å²) in [5, 5.41) is 13.4. The number of aryl methyl sites for hydroxylation is 1. The van der Waals surface area contributed by atoms with Crippen molar-refractivity contribution in [1.82, 2.24) is 9.78 Å². The van der Waals surface area contributed by atoms with Crippen LogP contribution >= 0.6 is 27.3 Å². The van der Waals surface area contributed by atoms with Crippen molar-refractivity contribution < 1.29 is 9.90 Å². The smallest absolute Gasteiger partial charge is 0.357 e. The van der Waals surface area contributed by atoms with Crippen molar-refractivity contribution in [2.45, 2.75) is 19.4 Å². The van der Waals surface area contributed by atoms with Crippen molar-refractivity contribution in [3.63, 3.8) is 0 Å². The van der Waals surface area contributed by atoms with E-state index in [0.29, 0.717) is 0 Å². The van der Waals surface area contributed by atoms with E-state index >= 15 is 0 Å². The van der Waals surface area contributed by atoms with Gasteiger partial charge in [0.1, 0.15) is 0 Å². The van der Waals surface area contributed by atoms with Gasteiger partial charge in [-0.1, -0.05) is 0 Å². The van der Waals surface area contributed by atoms with Crippen LogP contribution in [0.4, 0.5) is 0 Å². The van der Waals surface area contributed by atoms with E-state index in [-0.39, 0.29) is 5.69 Å². The number of aromatic carboxylic acids is 1. The third kappa shape index (κ3) is 1.71. The number of hydrogen-bond acceptors (Lipinski definition) is 3. The fourth-order valence-electron chi connectivity index (χ4n) is 2.19. The number of carboxylic acids is 1. The van der Waals surface area contributed by atoms with E-state index in [1.54, 1.807) is 11.3 Å². The highest BCUT2D eigenvalue weighted by atomic mass is 79.9. The van der Waals surface area contributed by atoms with Crippen LogP contribution in [0.1, 0.15) is 22.6 Å². The van der Waals surface area contributed by atoms with Gasteiger partial charge in [0.2, 0.25) is 0 Å². The lowest BCUT2D eigenvalue weighted by Gasteiger charge is -1.98. The zero-order valence-electron chi connectivity index (χ0n) is 8.81. The van der Waals surface area contributed by atoms with E-state index in [4.69, 9.17) is 0 Å². The number of carboxylic acid groups (broad SMARTS) is 1. The van der Waals surface area contributed by atoms with Crippen LogP contribution < -0.4 is 0 Å². The molecule has 3 rings (SSSR count). The summed E-state index contributed by atoms with van der Waals surface area (Å²) in [7, 11) is 0. The van der Waals surface area contributed by atoms with E-state index in [1.165, 1.54) is 0 Å². The van der Waals surface area contributed by atoms with Crippen molar-refractivity contribution in [2.75, 3.05) is 0 Å². The summed E-state index contributed by atoms with van der Waals surface area (Å²) in [5.74, 6) is -0.952. The highest BCUT2D eigenvalue weighted by Gasteiger charge is 2.27. The molecule has 0 fully saturated rings. The summed E-state index contributed by atoms with van der Waals surface area (Å²) >= 11 is 4.95. The van der Waals surface area contributed by atoms with Gasteiger partial charge in [-0.3, -0.25) is 4.68 Å². The lowest BCUT2D eigenvalue weighted by molar-refractivity contribution is 0.0690. The van der Waals surface area contributed by atoms with Crippen LogP contribution in [0.5, 0.6) is 0 Å². The molecule has 6 heteroatoms. The van der Waals surface area contributed by atoms with Gasteiger partial charge in [-0.05, 0) is 40.9 Å². The van der Waals surface area contributed by atoms with Crippen molar-refractivity contribution in [3.05, 3.63) is 27.3 Å². The number of carbonyl (C=O) groups is 1. The lowest BCUT2D eigenvalue weighted by Crippen LogP contribution is -2.01. The van der Waals surface area contributed by atoms with Crippen LogP contribution in [0.3, 0.4) is 0 Å². The predicted molar refractivity (Wildman–Crippen MR) is 68.5 cm³/mol. The maximum absolute atomic E-state index is 11.2. The van der Waals surface area contributed by atoms with Crippen molar-refractivity contribution >= 4 is 33.2 Å². The molecule has 1 N–H and O–H groups in total. The summed E-state index contributed by atoms with van der Waals surface area (Å²) in [5.41, 5.74) is 2.02. The molecule has 0 aromatic carbocycles. The van der Waals surface area contributed by atoms with Crippen LogP contribution in [0.25, 0.3) is 10.4 Å². The van der Waals surface area contributed by atoms with E-state index in [0.717, 1.165) is 39.3 Å². The first-order valence-corrected chi connectivity index (χ1v) is 6.86. The summed E-state index contributed by atoms with van der Waals surface area (Å²) in [4.78, 5) is 12.2. The summed E-state index contributed by atoms with van der Waals surface area (Å²) in [6.45, 7) is 0.822. The van der Waals surface area contributed by atoms with E-state index in [9.17, 15) is 9.90 Å². The highest BCUT2D eigenvalue weighted by molar-refractivity contribution is 9.11. The summed E-state index contributed by atoms with van der Waals surface area (Å²) < 4.78 is 2.83. The molecule has 2 aromatic heterocycles. The van der Waals surface area contributed by atoms with Crippen molar-refractivity contribution in [2.24, 2.45) is 0 Å². The average Bonchev–Trinajstić information content (AvgIpc) is 2.90. The minimum absolute atomic E-state index is 0.175. The monoisotopic (exact) mass is 312 g/mol. The molecule has 4 nitrogen and oxygen atoms in total. The fraction of sp³-hybridized carbons (Fsp3) is 0.273. The number of fused-ring (bicyclic) bond motifs is 1. The molecule has 3 heterocycles. The van der Waals surface area contributed by atoms with Gasteiger partial charge in [0.05, 0.1) is 3.79 Å². The maximum Gasteiger partial charge on any atom is 0.357 e. The predicted octanol–water partition coefficient (Wildman–Crippen LogP) is 3.02. The standard InChI is InChI=1S/C11H9BrN2O2S/c12-8-4-3-7(17-8)9-6-2-1-5-14(6)13-10(9)11(15)16/h3-4H,1-2,5H2,(H,15,16). The number of halogens is 1. The number of hydrogen-bond donors (Lipinski definition) is 1. The molecule has 17 heavy (non-hydrogen) atoms. The average molecular weight is 313 g/mol. The Morgan fingerprint density at radius 3 is 3.00 bits per heavy atom.